The maximum absolute atomic E-state index is 12.8. The Morgan fingerprint density at radius 3 is 2.18 bits per heavy atom. The molecular weight excluding hydrogens is 442 g/mol. The van der Waals surface area contributed by atoms with E-state index in [2.05, 4.69) is 10.9 Å². The number of benzene rings is 3. The lowest BCUT2D eigenvalue weighted by Gasteiger charge is -2.19. The van der Waals surface area contributed by atoms with Crippen LogP contribution < -0.4 is 19.9 Å². The molecule has 3 aromatic rings. The second kappa shape index (κ2) is 10.2. The summed E-state index contributed by atoms with van der Waals surface area (Å²) in [4.78, 5) is 24.3. The topological polar surface area (TPSA) is 105 Å². The predicted octanol–water partition coefficient (Wildman–Crippen LogP) is 2.97. The Morgan fingerprint density at radius 1 is 0.879 bits per heavy atom. The van der Waals surface area contributed by atoms with Crippen LogP contribution in [0.4, 0.5) is 5.69 Å². The van der Waals surface area contributed by atoms with Gasteiger partial charge in [0.15, 0.2) is 6.61 Å². The van der Waals surface area contributed by atoms with Crippen LogP contribution in [-0.2, 0) is 14.8 Å². The molecule has 2 N–H and O–H groups in total. The van der Waals surface area contributed by atoms with Crippen LogP contribution in [0.1, 0.15) is 21.5 Å². The standard InChI is InChI=1S/C24H25N3O5S/c1-17-9-12-21(15-18(17)2)32-16-23(28)25-26-24(29)19-10-13-22(14-11-19)33(30,31)27(3)20-7-5-4-6-8-20/h4-15H,16H2,1-3H3,(H,25,28)(H,26,29). The average Bonchev–Trinajstić information content (AvgIpc) is 2.83. The molecule has 0 aliphatic rings. The molecule has 0 saturated carbocycles. The number of anilines is 1. The molecule has 0 fully saturated rings. The van der Waals surface area contributed by atoms with Gasteiger partial charge in [-0.25, -0.2) is 8.42 Å². The molecule has 0 radical (unpaired) electrons. The highest BCUT2D eigenvalue weighted by Gasteiger charge is 2.21. The van der Waals surface area contributed by atoms with Gasteiger partial charge in [0.05, 0.1) is 10.6 Å². The smallest absolute Gasteiger partial charge is 0.276 e. The van der Waals surface area contributed by atoms with Crippen LogP contribution in [-0.4, -0.2) is 33.9 Å². The van der Waals surface area contributed by atoms with Crippen LogP contribution in [0.3, 0.4) is 0 Å². The van der Waals surface area contributed by atoms with Gasteiger partial charge < -0.3 is 4.74 Å². The molecule has 0 atom stereocenters. The number of ether oxygens (including phenoxy) is 1. The van der Waals surface area contributed by atoms with Crippen molar-refractivity contribution in [3.05, 3.63) is 89.5 Å². The number of carbonyl (C=O) groups is 2. The van der Waals surface area contributed by atoms with Crippen LogP contribution >= 0.6 is 0 Å². The van der Waals surface area contributed by atoms with Crippen molar-refractivity contribution in [1.82, 2.24) is 10.9 Å². The monoisotopic (exact) mass is 467 g/mol. The Kier molecular flexibility index (Phi) is 7.34. The first-order valence-corrected chi connectivity index (χ1v) is 11.6. The molecule has 3 rings (SSSR count). The predicted molar refractivity (Wildman–Crippen MR) is 125 cm³/mol. The van der Waals surface area contributed by atoms with E-state index in [0.29, 0.717) is 11.4 Å². The maximum atomic E-state index is 12.8. The van der Waals surface area contributed by atoms with Crippen LogP contribution in [0.2, 0.25) is 0 Å². The second-order valence-electron chi connectivity index (χ2n) is 7.37. The first-order chi connectivity index (χ1) is 15.7. The van der Waals surface area contributed by atoms with Gasteiger partial charge in [0.25, 0.3) is 21.8 Å². The van der Waals surface area contributed by atoms with Crippen LogP contribution in [0.5, 0.6) is 5.75 Å². The molecule has 3 aromatic carbocycles. The SMILES string of the molecule is Cc1ccc(OCC(=O)NNC(=O)c2ccc(S(=O)(=O)N(C)c3ccccc3)cc2)cc1C. The lowest BCUT2D eigenvalue weighted by atomic mass is 10.1. The Balaban J connectivity index is 1.55. The number of rotatable bonds is 7. The van der Waals surface area contributed by atoms with Crippen molar-refractivity contribution >= 4 is 27.5 Å². The summed E-state index contributed by atoms with van der Waals surface area (Å²) in [5.41, 5.74) is 7.42. The zero-order valence-electron chi connectivity index (χ0n) is 18.5. The van der Waals surface area contributed by atoms with Crippen molar-refractivity contribution in [3.8, 4) is 5.75 Å². The van der Waals surface area contributed by atoms with Gasteiger partial charge in [0.1, 0.15) is 5.75 Å². The van der Waals surface area contributed by atoms with E-state index in [-0.39, 0.29) is 17.1 Å². The average molecular weight is 468 g/mol. The molecule has 8 nitrogen and oxygen atoms in total. The quantitative estimate of drug-likeness (QED) is 0.520. The molecule has 0 saturated heterocycles. The minimum absolute atomic E-state index is 0.0382. The summed E-state index contributed by atoms with van der Waals surface area (Å²) in [6.07, 6.45) is 0. The van der Waals surface area contributed by atoms with E-state index >= 15 is 0 Å². The molecule has 0 aliphatic carbocycles. The second-order valence-corrected chi connectivity index (χ2v) is 9.34. The molecule has 2 amide bonds. The summed E-state index contributed by atoms with van der Waals surface area (Å²) in [6.45, 7) is 3.65. The Bertz CT molecular complexity index is 1240. The fraction of sp³-hybridized carbons (Fsp3) is 0.167. The number of nitrogens with one attached hydrogen (secondary N) is 2. The van der Waals surface area contributed by atoms with E-state index in [1.165, 1.54) is 31.3 Å². The van der Waals surface area contributed by atoms with E-state index in [0.717, 1.165) is 15.4 Å². The fourth-order valence-electron chi connectivity index (χ4n) is 2.90. The third-order valence-electron chi connectivity index (χ3n) is 5.06. The molecule has 0 unspecified atom stereocenters. The summed E-state index contributed by atoms with van der Waals surface area (Å²) in [5.74, 6) is -0.572. The molecule has 0 spiro atoms. The molecule has 0 heterocycles. The van der Waals surface area contributed by atoms with Gasteiger partial charge in [0, 0.05) is 12.6 Å². The summed E-state index contributed by atoms with van der Waals surface area (Å²) < 4.78 is 32.2. The summed E-state index contributed by atoms with van der Waals surface area (Å²) >= 11 is 0. The number of carbonyl (C=O) groups excluding carboxylic acids is 2. The van der Waals surface area contributed by atoms with Gasteiger partial charge in [-0.1, -0.05) is 24.3 Å². The fourth-order valence-corrected chi connectivity index (χ4v) is 4.10. The number of hydrazine groups is 1. The van der Waals surface area contributed by atoms with Gasteiger partial charge in [-0.2, -0.15) is 0 Å². The molecule has 0 aromatic heterocycles. The van der Waals surface area contributed by atoms with Crippen molar-refractivity contribution < 1.29 is 22.7 Å². The summed E-state index contributed by atoms with van der Waals surface area (Å²) in [7, 11) is -2.33. The molecule has 33 heavy (non-hydrogen) atoms. The van der Waals surface area contributed by atoms with Crippen molar-refractivity contribution in [2.24, 2.45) is 0 Å². The van der Waals surface area contributed by atoms with E-state index in [1.807, 2.05) is 26.0 Å². The van der Waals surface area contributed by atoms with Crippen molar-refractivity contribution in [2.75, 3.05) is 18.0 Å². The summed E-state index contributed by atoms with van der Waals surface area (Å²) in [5, 5.41) is 0. The zero-order chi connectivity index (χ0) is 24.0. The highest BCUT2D eigenvalue weighted by molar-refractivity contribution is 7.92. The Hall–Kier alpha value is -3.85. The molecule has 0 bridgehead atoms. The normalized spacial score (nSPS) is 10.9. The zero-order valence-corrected chi connectivity index (χ0v) is 19.3. The number of hydrogen-bond acceptors (Lipinski definition) is 5. The highest BCUT2D eigenvalue weighted by atomic mass is 32.2. The third-order valence-corrected chi connectivity index (χ3v) is 6.86. The van der Waals surface area contributed by atoms with E-state index in [9.17, 15) is 18.0 Å². The Morgan fingerprint density at radius 2 is 1.55 bits per heavy atom. The number of sulfonamides is 1. The van der Waals surface area contributed by atoms with Gasteiger partial charge in [-0.05, 0) is 73.5 Å². The maximum Gasteiger partial charge on any atom is 0.276 e. The minimum Gasteiger partial charge on any atom is -0.484 e. The van der Waals surface area contributed by atoms with Gasteiger partial charge >= 0.3 is 0 Å². The van der Waals surface area contributed by atoms with E-state index in [1.54, 1.807) is 36.4 Å². The number of para-hydroxylation sites is 1. The van der Waals surface area contributed by atoms with Crippen LogP contribution in [0, 0.1) is 13.8 Å². The first kappa shape index (κ1) is 23.8. The number of amides is 2. The summed E-state index contributed by atoms with van der Waals surface area (Å²) in [6, 6.07) is 19.6. The van der Waals surface area contributed by atoms with Crippen molar-refractivity contribution in [2.45, 2.75) is 18.7 Å². The lowest BCUT2D eigenvalue weighted by molar-refractivity contribution is -0.123. The Labute approximate surface area is 193 Å². The van der Waals surface area contributed by atoms with Gasteiger partial charge in [-0.3, -0.25) is 24.7 Å². The molecule has 172 valence electrons. The number of aryl methyl sites for hydroxylation is 2. The van der Waals surface area contributed by atoms with Gasteiger partial charge in [0.2, 0.25) is 0 Å². The van der Waals surface area contributed by atoms with Crippen LogP contribution in [0.25, 0.3) is 0 Å². The minimum atomic E-state index is -3.78. The van der Waals surface area contributed by atoms with E-state index < -0.39 is 21.8 Å². The molecule has 9 heteroatoms. The third kappa shape index (κ3) is 5.89. The van der Waals surface area contributed by atoms with Crippen LogP contribution in [0.15, 0.2) is 77.7 Å². The molecular formula is C24H25N3O5S. The molecule has 0 aliphatic heterocycles. The van der Waals surface area contributed by atoms with Crippen molar-refractivity contribution in [1.29, 1.82) is 0 Å². The number of hydrogen-bond donors (Lipinski definition) is 2. The first-order valence-electron chi connectivity index (χ1n) is 10.1. The number of nitrogens with zero attached hydrogens (tertiary/aromatic N) is 1. The highest BCUT2D eigenvalue weighted by Crippen LogP contribution is 2.22. The van der Waals surface area contributed by atoms with E-state index in [4.69, 9.17) is 4.74 Å². The van der Waals surface area contributed by atoms with Crippen molar-refractivity contribution in [3.63, 3.8) is 0 Å². The lowest BCUT2D eigenvalue weighted by Crippen LogP contribution is -2.43. The largest absolute Gasteiger partial charge is 0.484 e. The van der Waals surface area contributed by atoms with Gasteiger partial charge in [-0.15, -0.1) is 0 Å².